The first kappa shape index (κ1) is 11.8. The average molecular weight is 245 g/mol. The van der Waals surface area contributed by atoms with Gasteiger partial charge in [-0.25, -0.2) is 0 Å². The minimum absolute atomic E-state index is 0.168. The molecule has 1 aromatic heterocycles. The summed E-state index contributed by atoms with van der Waals surface area (Å²) < 4.78 is 5.76. The van der Waals surface area contributed by atoms with Gasteiger partial charge in [0.25, 0.3) is 0 Å². The van der Waals surface area contributed by atoms with Crippen LogP contribution in [-0.4, -0.2) is 17.3 Å². The molecule has 2 N–H and O–H groups in total. The van der Waals surface area contributed by atoms with Gasteiger partial charge in [-0.3, -0.25) is 0 Å². The number of hydrogen-bond acceptors (Lipinski definition) is 3. The fraction of sp³-hybridized carbons (Fsp3) is 0.467. The van der Waals surface area contributed by atoms with Gasteiger partial charge in [-0.15, -0.1) is 0 Å². The van der Waals surface area contributed by atoms with E-state index in [4.69, 9.17) is 4.42 Å². The first-order valence-corrected chi connectivity index (χ1v) is 6.55. The monoisotopic (exact) mass is 245 g/mol. The summed E-state index contributed by atoms with van der Waals surface area (Å²) in [6.07, 6.45) is 2.42. The molecule has 1 aliphatic rings. The molecule has 3 heteroatoms. The van der Waals surface area contributed by atoms with E-state index in [9.17, 15) is 5.11 Å². The predicted octanol–water partition coefficient (Wildman–Crippen LogP) is 2.68. The van der Waals surface area contributed by atoms with Crippen LogP contribution in [0.2, 0.25) is 0 Å². The molecule has 0 amide bonds. The summed E-state index contributed by atoms with van der Waals surface area (Å²) in [5.74, 6) is 1.53. The molecule has 1 atom stereocenters. The van der Waals surface area contributed by atoms with E-state index in [1.807, 2.05) is 18.2 Å². The number of fused-ring (bicyclic) bond motifs is 1. The van der Waals surface area contributed by atoms with Gasteiger partial charge in [-0.1, -0.05) is 18.2 Å². The number of aliphatic hydroxyl groups is 1. The smallest absolute Gasteiger partial charge is 0.134 e. The summed E-state index contributed by atoms with van der Waals surface area (Å²) in [7, 11) is 0. The maximum Gasteiger partial charge on any atom is 0.134 e. The van der Waals surface area contributed by atoms with Crippen LogP contribution >= 0.6 is 0 Å². The molecule has 3 rings (SSSR count). The van der Waals surface area contributed by atoms with Crippen LogP contribution in [0.1, 0.15) is 25.5 Å². The number of benzene rings is 1. The Morgan fingerprint density at radius 3 is 2.83 bits per heavy atom. The predicted molar refractivity (Wildman–Crippen MR) is 71.3 cm³/mol. The highest BCUT2D eigenvalue weighted by molar-refractivity contribution is 5.77. The molecule has 1 aromatic carbocycles. The first-order chi connectivity index (χ1) is 8.71. The normalized spacial score (nSPS) is 19.0. The Labute approximate surface area is 107 Å². The average Bonchev–Trinajstić information content (AvgIpc) is 3.16. The molecule has 18 heavy (non-hydrogen) atoms. The zero-order chi connectivity index (χ0) is 12.6. The van der Waals surface area contributed by atoms with E-state index in [-0.39, 0.29) is 12.1 Å². The van der Waals surface area contributed by atoms with Crippen molar-refractivity contribution >= 4 is 11.0 Å². The van der Waals surface area contributed by atoms with E-state index in [0.717, 1.165) is 16.7 Å². The summed E-state index contributed by atoms with van der Waals surface area (Å²) >= 11 is 0. The maximum atomic E-state index is 9.52. The second kappa shape index (κ2) is 4.41. The molecule has 1 fully saturated rings. The van der Waals surface area contributed by atoms with Crippen LogP contribution in [-0.2, 0) is 6.54 Å². The van der Waals surface area contributed by atoms with Crippen molar-refractivity contribution in [1.82, 2.24) is 5.32 Å². The van der Waals surface area contributed by atoms with Crippen LogP contribution < -0.4 is 5.32 Å². The molecule has 0 radical (unpaired) electrons. The molecule has 96 valence electrons. The number of hydrogen-bond donors (Lipinski definition) is 2. The summed E-state index contributed by atoms with van der Waals surface area (Å²) in [5.41, 5.74) is 0.755. The second-order valence-electron chi connectivity index (χ2n) is 5.45. The highest BCUT2D eigenvalue weighted by Gasteiger charge is 2.40. The molecule has 3 nitrogen and oxygen atoms in total. The van der Waals surface area contributed by atoms with E-state index in [0.29, 0.717) is 12.5 Å². The topological polar surface area (TPSA) is 45.4 Å². The Hall–Kier alpha value is -1.32. The number of para-hydroxylation sites is 1. The highest BCUT2D eigenvalue weighted by Crippen LogP contribution is 2.39. The quantitative estimate of drug-likeness (QED) is 0.851. The van der Waals surface area contributed by atoms with E-state index >= 15 is 0 Å². The minimum Gasteiger partial charge on any atom is -0.460 e. The van der Waals surface area contributed by atoms with Crippen LogP contribution in [0.3, 0.4) is 0 Å². The number of nitrogens with one attached hydrogen (secondary N) is 1. The highest BCUT2D eigenvalue weighted by atomic mass is 16.3. The molecule has 1 unspecified atom stereocenters. The molecular formula is C15H19NO2. The van der Waals surface area contributed by atoms with Gasteiger partial charge in [0.2, 0.25) is 0 Å². The lowest BCUT2D eigenvalue weighted by Crippen LogP contribution is -2.47. The fourth-order valence-corrected chi connectivity index (χ4v) is 2.46. The van der Waals surface area contributed by atoms with E-state index in [1.165, 1.54) is 12.8 Å². The third-order valence-electron chi connectivity index (χ3n) is 3.95. The standard InChI is InChI=1S/C15H19NO2/c1-15(10-17,12-6-7-12)16-9-13-8-11-4-2-3-5-14(11)18-13/h2-5,8,12,16-17H,6-7,9-10H2,1H3. The zero-order valence-corrected chi connectivity index (χ0v) is 10.6. The first-order valence-electron chi connectivity index (χ1n) is 6.55. The Bertz CT molecular complexity index is 511. The van der Waals surface area contributed by atoms with Crippen molar-refractivity contribution in [3.8, 4) is 0 Å². The summed E-state index contributed by atoms with van der Waals surface area (Å²) in [5, 5.41) is 14.1. The summed E-state index contributed by atoms with van der Waals surface area (Å²) in [4.78, 5) is 0. The number of rotatable bonds is 5. The van der Waals surface area contributed by atoms with Gasteiger partial charge in [0.05, 0.1) is 13.2 Å². The van der Waals surface area contributed by atoms with Crippen molar-refractivity contribution in [1.29, 1.82) is 0 Å². The van der Waals surface area contributed by atoms with Gasteiger partial charge in [-0.2, -0.15) is 0 Å². The van der Waals surface area contributed by atoms with Crippen molar-refractivity contribution in [3.05, 3.63) is 36.1 Å². The van der Waals surface area contributed by atoms with E-state index in [2.05, 4.69) is 24.4 Å². The van der Waals surface area contributed by atoms with Gasteiger partial charge in [0, 0.05) is 10.9 Å². The van der Waals surface area contributed by atoms with Crippen LogP contribution in [0, 0.1) is 5.92 Å². The van der Waals surface area contributed by atoms with Crippen LogP contribution in [0.25, 0.3) is 11.0 Å². The third kappa shape index (κ3) is 2.16. The van der Waals surface area contributed by atoms with Crippen molar-refractivity contribution in [2.24, 2.45) is 5.92 Å². The molecule has 1 aliphatic carbocycles. The van der Waals surface area contributed by atoms with E-state index in [1.54, 1.807) is 0 Å². The van der Waals surface area contributed by atoms with Crippen molar-refractivity contribution in [2.75, 3.05) is 6.61 Å². The lowest BCUT2D eigenvalue weighted by Gasteiger charge is -2.28. The SMILES string of the molecule is CC(CO)(NCc1cc2ccccc2o1)C1CC1. The molecule has 0 saturated heterocycles. The molecular weight excluding hydrogens is 226 g/mol. The maximum absolute atomic E-state index is 9.52. The molecule has 2 aromatic rings. The number of furan rings is 1. The molecule has 0 aliphatic heterocycles. The minimum atomic E-state index is -0.168. The van der Waals surface area contributed by atoms with Crippen LogP contribution in [0.4, 0.5) is 0 Å². The van der Waals surface area contributed by atoms with E-state index < -0.39 is 0 Å². The molecule has 0 spiro atoms. The lowest BCUT2D eigenvalue weighted by atomic mass is 9.97. The van der Waals surface area contributed by atoms with Gasteiger partial charge in [-0.05, 0) is 37.8 Å². The Morgan fingerprint density at radius 2 is 2.17 bits per heavy atom. The Morgan fingerprint density at radius 1 is 1.39 bits per heavy atom. The zero-order valence-electron chi connectivity index (χ0n) is 10.6. The third-order valence-corrected chi connectivity index (χ3v) is 3.95. The van der Waals surface area contributed by atoms with Crippen LogP contribution in [0.5, 0.6) is 0 Å². The Kier molecular flexibility index (Phi) is 2.88. The summed E-state index contributed by atoms with van der Waals surface area (Å²) in [6, 6.07) is 10.1. The van der Waals surface area contributed by atoms with Gasteiger partial charge in [0.15, 0.2) is 0 Å². The second-order valence-corrected chi connectivity index (χ2v) is 5.45. The van der Waals surface area contributed by atoms with Crippen molar-refractivity contribution in [2.45, 2.75) is 31.8 Å². The van der Waals surface area contributed by atoms with Gasteiger partial charge < -0.3 is 14.8 Å². The van der Waals surface area contributed by atoms with Gasteiger partial charge >= 0.3 is 0 Å². The molecule has 0 bridgehead atoms. The molecule has 1 saturated carbocycles. The number of aliphatic hydroxyl groups excluding tert-OH is 1. The summed E-state index contributed by atoms with van der Waals surface area (Å²) in [6.45, 7) is 2.94. The largest absolute Gasteiger partial charge is 0.460 e. The van der Waals surface area contributed by atoms with Crippen molar-refractivity contribution < 1.29 is 9.52 Å². The van der Waals surface area contributed by atoms with Crippen LogP contribution in [0.15, 0.2) is 34.7 Å². The Balaban J connectivity index is 1.72. The van der Waals surface area contributed by atoms with Gasteiger partial charge in [0.1, 0.15) is 11.3 Å². The molecule has 1 heterocycles. The van der Waals surface area contributed by atoms with Crippen molar-refractivity contribution in [3.63, 3.8) is 0 Å². The fourth-order valence-electron chi connectivity index (χ4n) is 2.46. The lowest BCUT2D eigenvalue weighted by molar-refractivity contribution is 0.151.